The molecule has 17 heavy (non-hydrogen) atoms. The van der Waals surface area contributed by atoms with Gasteiger partial charge in [-0.05, 0) is 45.6 Å². The fourth-order valence-electron chi connectivity index (χ4n) is 3.13. The summed E-state index contributed by atoms with van der Waals surface area (Å²) in [6.45, 7) is 7.34. The Labute approximate surface area is 105 Å². The molecule has 3 heteroatoms. The molecule has 2 heterocycles. The minimum atomic E-state index is 0.448. The minimum absolute atomic E-state index is 0.448. The molecule has 0 aromatic carbocycles. The van der Waals surface area contributed by atoms with Gasteiger partial charge in [-0.1, -0.05) is 6.92 Å². The number of hydrogen-bond acceptors (Lipinski definition) is 3. The molecule has 4 atom stereocenters. The third-order valence-corrected chi connectivity index (χ3v) is 4.09. The maximum absolute atomic E-state index is 5.71. The van der Waals surface area contributed by atoms with Crippen LogP contribution in [0.1, 0.15) is 46.0 Å². The smallest absolute Gasteiger partial charge is 0.0576 e. The molecule has 2 fully saturated rings. The lowest BCUT2D eigenvalue weighted by Crippen LogP contribution is -2.37. The molecule has 0 spiro atoms. The fraction of sp³-hybridized carbons (Fsp3) is 1.00. The third kappa shape index (κ3) is 3.94. The fourth-order valence-corrected chi connectivity index (χ4v) is 3.13. The van der Waals surface area contributed by atoms with E-state index in [9.17, 15) is 0 Å². The van der Waals surface area contributed by atoms with Gasteiger partial charge in [0.2, 0.25) is 0 Å². The molecule has 0 aromatic rings. The quantitative estimate of drug-likeness (QED) is 0.774. The Morgan fingerprint density at radius 2 is 2.24 bits per heavy atom. The highest BCUT2D eigenvalue weighted by molar-refractivity contribution is 4.83. The van der Waals surface area contributed by atoms with Gasteiger partial charge in [0.25, 0.3) is 0 Å². The molecule has 2 aliphatic rings. The third-order valence-electron chi connectivity index (χ3n) is 4.09. The maximum atomic E-state index is 5.71. The summed E-state index contributed by atoms with van der Waals surface area (Å²) in [5, 5.41) is 3.63. The molecule has 1 N–H and O–H groups in total. The summed E-state index contributed by atoms with van der Waals surface area (Å²) in [4.78, 5) is 0. The zero-order valence-electron chi connectivity index (χ0n) is 11.3. The van der Waals surface area contributed by atoms with E-state index in [1.807, 2.05) is 0 Å². The molecule has 0 amide bonds. The first-order chi connectivity index (χ1) is 8.29. The molecule has 3 nitrogen and oxygen atoms in total. The van der Waals surface area contributed by atoms with Crippen molar-refractivity contribution >= 4 is 0 Å². The first-order valence-corrected chi connectivity index (χ1v) is 7.26. The van der Waals surface area contributed by atoms with Crippen molar-refractivity contribution in [3.05, 3.63) is 0 Å². The number of nitrogens with one attached hydrogen (secondary N) is 1. The van der Waals surface area contributed by atoms with Crippen LogP contribution in [0.2, 0.25) is 0 Å². The molecule has 2 rings (SSSR count). The Morgan fingerprint density at radius 3 is 2.82 bits per heavy atom. The summed E-state index contributed by atoms with van der Waals surface area (Å²) in [6, 6.07) is 0.620. The standard InChI is InChI=1S/C14H27NO2/c1-3-15-14(12-9-11(2)17-10-12)7-6-13-5-4-8-16-13/h11-15H,3-10H2,1-2H3. The van der Waals surface area contributed by atoms with Gasteiger partial charge in [-0.25, -0.2) is 0 Å². The van der Waals surface area contributed by atoms with E-state index < -0.39 is 0 Å². The van der Waals surface area contributed by atoms with E-state index in [2.05, 4.69) is 19.2 Å². The second-order valence-electron chi connectivity index (χ2n) is 5.52. The monoisotopic (exact) mass is 241 g/mol. The van der Waals surface area contributed by atoms with E-state index in [1.54, 1.807) is 0 Å². The SMILES string of the molecule is CCNC(CCC1CCCO1)C1COC(C)C1. The highest BCUT2D eigenvalue weighted by Crippen LogP contribution is 2.26. The largest absolute Gasteiger partial charge is 0.378 e. The van der Waals surface area contributed by atoms with Crippen LogP contribution in [0.3, 0.4) is 0 Å². The average molecular weight is 241 g/mol. The van der Waals surface area contributed by atoms with Crippen molar-refractivity contribution in [1.82, 2.24) is 5.32 Å². The van der Waals surface area contributed by atoms with Gasteiger partial charge in [-0.15, -0.1) is 0 Å². The van der Waals surface area contributed by atoms with Gasteiger partial charge in [-0.2, -0.15) is 0 Å². The van der Waals surface area contributed by atoms with Crippen LogP contribution in [0.4, 0.5) is 0 Å². The van der Waals surface area contributed by atoms with Crippen LogP contribution in [0.25, 0.3) is 0 Å². The predicted molar refractivity (Wildman–Crippen MR) is 69.2 cm³/mol. The summed E-state index contributed by atoms with van der Waals surface area (Å²) in [7, 11) is 0. The minimum Gasteiger partial charge on any atom is -0.378 e. The Bertz CT molecular complexity index is 216. The lowest BCUT2D eigenvalue weighted by molar-refractivity contribution is 0.0941. The van der Waals surface area contributed by atoms with E-state index in [0.29, 0.717) is 24.2 Å². The maximum Gasteiger partial charge on any atom is 0.0576 e. The van der Waals surface area contributed by atoms with Crippen molar-refractivity contribution in [2.24, 2.45) is 5.92 Å². The summed E-state index contributed by atoms with van der Waals surface area (Å²) in [6.07, 6.45) is 7.14. The molecular weight excluding hydrogens is 214 g/mol. The van der Waals surface area contributed by atoms with Gasteiger partial charge in [0.05, 0.1) is 18.8 Å². The summed E-state index contributed by atoms with van der Waals surface area (Å²) in [5.74, 6) is 0.700. The van der Waals surface area contributed by atoms with Crippen LogP contribution in [-0.2, 0) is 9.47 Å². The van der Waals surface area contributed by atoms with E-state index in [0.717, 1.165) is 19.8 Å². The van der Waals surface area contributed by atoms with Crippen molar-refractivity contribution in [1.29, 1.82) is 0 Å². The van der Waals surface area contributed by atoms with Crippen LogP contribution >= 0.6 is 0 Å². The summed E-state index contributed by atoms with van der Waals surface area (Å²) < 4.78 is 11.4. The molecule has 0 radical (unpaired) electrons. The molecule has 0 saturated carbocycles. The van der Waals surface area contributed by atoms with Crippen LogP contribution in [-0.4, -0.2) is 38.0 Å². The van der Waals surface area contributed by atoms with Gasteiger partial charge < -0.3 is 14.8 Å². The zero-order chi connectivity index (χ0) is 12.1. The van der Waals surface area contributed by atoms with E-state index in [1.165, 1.54) is 32.1 Å². The van der Waals surface area contributed by atoms with Gasteiger partial charge in [-0.3, -0.25) is 0 Å². The van der Waals surface area contributed by atoms with E-state index in [-0.39, 0.29) is 0 Å². The second-order valence-corrected chi connectivity index (χ2v) is 5.52. The van der Waals surface area contributed by atoms with Crippen LogP contribution in [0.15, 0.2) is 0 Å². The number of hydrogen-bond donors (Lipinski definition) is 1. The number of ether oxygens (including phenoxy) is 2. The Hall–Kier alpha value is -0.120. The normalized spacial score (nSPS) is 35.3. The molecule has 0 aromatic heterocycles. The molecule has 2 aliphatic heterocycles. The second kappa shape index (κ2) is 6.72. The highest BCUT2D eigenvalue weighted by Gasteiger charge is 2.29. The predicted octanol–water partition coefficient (Wildman–Crippen LogP) is 2.35. The summed E-state index contributed by atoms with van der Waals surface area (Å²) >= 11 is 0. The molecule has 100 valence electrons. The molecule has 2 saturated heterocycles. The molecular formula is C14H27NO2. The van der Waals surface area contributed by atoms with Crippen molar-refractivity contribution in [3.63, 3.8) is 0 Å². The first-order valence-electron chi connectivity index (χ1n) is 7.26. The van der Waals surface area contributed by atoms with Gasteiger partial charge in [0.15, 0.2) is 0 Å². The van der Waals surface area contributed by atoms with E-state index >= 15 is 0 Å². The topological polar surface area (TPSA) is 30.5 Å². The first kappa shape index (κ1) is 13.3. The Morgan fingerprint density at radius 1 is 1.35 bits per heavy atom. The molecule has 0 aliphatic carbocycles. The highest BCUT2D eigenvalue weighted by atomic mass is 16.5. The van der Waals surface area contributed by atoms with Crippen LogP contribution in [0, 0.1) is 5.92 Å². The Balaban J connectivity index is 1.75. The van der Waals surface area contributed by atoms with Crippen molar-refractivity contribution in [2.75, 3.05) is 19.8 Å². The summed E-state index contributed by atoms with van der Waals surface area (Å²) in [5.41, 5.74) is 0. The van der Waals surface area contributed by atoms with Gasteiger partial charge in [0, 0.05) is 18.6 Å². The zero-order valence-corrected chi connectivity index (χ0v) is 11.3. The lowest BCUT2D eigenvalue weighted by Gasteiger charge is -2.24. The lowest BCUT2D eigenvalue weighted by atomic mass is 9.92. The molecule has 0 bridgehead atoms. The van der Waals surface area contributed by atoms with Gasteiger partial charge in [0.1, 0.15) is 0 Å². The van der Waals surface area contributed by atoms with Crippen molar-refractivity contribution in [2.45, 2.75) is 64.2 Å². The van der Waals surface area contributed by atoms with Crippen LogP contribution < -0.4 is 5.32 Å². The van der Waals surface area contributed by atoms with Crippen LogP contribution in [0.5, 0.6) is 0 Å². The number of rotatable bonds is 6. The van der Waals surface area contributed by atoms with Crippen molar-refractivity contribution < 1.29 is 9.47 Å². The average Bonchev–Trinajstić information content (AvgIpc) is 2.95. The Kier molecular flexibility index (Phi) is 5.26. The van der Waals surface area contributed by atoms with Crippen molar-refractivity contribution in [3.8, 4) is 0 Å². The molecule has 4 unspecified atom stereocenters. The van der Waals surface area contributed by atoms with Gasteiger partial charge >= 0.3 is 0 Å². The van der Waals surface area contributed by atoms with E-state index in [4.69, 9.17) is 9.47 Å².